The lowest BCUT2D eigenvalue weighted by Gasteiger charge is -2.14. The molecule has 0 radical (unpaired) electrons. The van der Waals surface area contributed by atoms with Crippen LogP contribution in [0.4, 0.5) is 20.3 Å². The van der Waals surface area contributed by atoms with Crippen LogP contribution < -0.4 is 25.0 Å². The number of aromatic nitrogens is 4. The molecule has 6 aromatic rings. The summed E-state index contributed by atoms with van der Waals surface area (Å²) >= 11 is 0. The first-order chi connectivity index (χ1) is 20.9. The van der Waals surface area contributed by atoms with E-state index in [0.717, 1.165) is 0 Å². The van der Waals surface area contributed by atoms with Crippen LogP contribution in [0.1, 0.15) is 0 Å². The summed E-state index contributed by atoms with van der Waals surface area (Å²) in [4.78, 5) is 29.2. The molecule has 0 aliphatic rings. The molecule has 216 valence electrons. The van der Waals surface area contributed by atoms with Gasteiger partial charge in [0, 0.05) is 35.8 Å². The molecule has 0 spiro atoms. The quantitative estimate of drug-likeness (QED) is 0.195. The van der Waals surface area contributed by atoms with Crippen LogP contribution in [0.2, 0.25) is 0 Å². The number of ether oxygens (including phenoxy) is 3. The van der Waals surface area contributed by atoms with Crippen molar-refractivity contribution in [3.05, 3.63) is 101 Å². The Labute approximate surface area is 242 Å². The number of hydrogen-bond donors (Lipinski definition) is 3. The molecular formula is C31H23F2N5O5. The van der Waals surface area contributed by atoms with Gasteiger partial charge in [-0.3, -0.25) is 4.79 Å². The summed E-state index contributed by atoms with van der Waals surface area (Å²) in [5.41, 5.74) is 1.85. The van der Waals surface area contributed by atoms with Crippen LogP contribution in [0, 0.1) is 11.6 Å². The highest BCUT2D eigenvalue weighted by atomic mass is 19.1. The normalized spacial score (nSPS) is 11.1. The van der Waals surface area contributed by atoms with Gasteiger partial charge in [0.25, 0.3) is 0 Å². The minimum Gasteiger partial charge on any atom is -0.493 e. The molecule has 0 saturated carbocycles. The van der Waals surface area contributed by atoms with E-state index >= 15 is 4.39 Å². The van der Waals surface area contributed by atoms with Crippen LogP contribution in [0.5, 0.6) is 23.1 Å². The van der Waals surface area contributed by atoms with Gasteiger partial charge in [0.1, 0.15) is 24.6 Å². The highest BCUT2D eigenvalue weighted by molar-refractivity contribution is 5.93. The third-order valence-electron chi connectivity index (χ3n) is 6.58. The van der Waals surface area contributed by atoms with Crippen molar-refractivity contribution >= 4 is 33.3 Å². The van der Waals surface area contributed by atoms with Gasteiger partial charge in [0.2, 0.25) is 11.3 Å². The molecular weight excluding hydrogens is 560 g/mol. The molecule has 0 unspecified atom stereocenters. The molecule has 12 heteroatoms. The fourth-order valence-electron chi connectivity index (χ4n) is 4.55. The molecule has 0 atom stereocenters. The zero-order valence-corrected chi connectivity index (χ0v) is 22.6. The predicted molar refractivity (Wildman–Crippen MR) is 156 cm³/mol. The van der Waals surface area contributed by atoms with Crippen molar-refractivity contribution in [1.82, 2.24) is 19.9 Å². The molecule has 0 bridgehead atoms. The number of nitrogens with zero attached hydrogens (tertiary/aromatic N) is 3. The number of hydrogen-bond acceptors (Lipinski definition) is 9. The number of aliphatic hydroxyl groups is 1. The van der Waals surface area contributed by atoms with Crippen LogP contribution in [0.25, 0.3) is 32.9 Å². The molecule has 0 amide bonds. The summed E-state index contributed by atoms with van der Waals surface area (Å²) in [5.74, 6) is -0.200. The average Bonchev–Trinajstić information content (AvgIpc) is 3.02. The summed E-state index contributed by atoms with van der Waals surface area (Å²) in [6.07, 6.45) is 4.35. The van der Waals surface area contributed by atoms with E-state index in [0.29, 0.717) is 44.7 Å². The molecule has 0 aliphatic carbocycles. The highest BCUT2D eigenvalue weighted by Crippen LogP contribution is 2.37. The van der Waals surface area contributed by atoms with Crippen molar-refractivity contribution in [2.45, 2.75) is 0 Å². The Hall–Kier alpha value is -5.62. The number of anilines is 2. The summed E-state index contributed by atoms with van der Waals surface area (Å²) in [7, 11) is 1.48. The lowest BCUT2D eigenvalue weighted by Crippen LogP contribution is -2.10. The number of aromatic amines is 1. The second kappa shape index (κ2) is 11.7. The van der Waals surface area contributed by atoms with Crippen LogP contribution in [-0.4, -0.2) is 45.4 Å². The van der Waals surface area contributed by atoms with Crippen molar-refractivity contribution < 1.29 is 28.1 Å². The first-order valence-electron chi connectivity index (χ1n) is 13.0. The van der Waals surface area contributed by atoms with Crippen LogP contribution >= 0.6 is 0 Å². The molecule has 3 heterocycles. The Morgan fingerprint density at radius 3 is 2.56 bits per heavy atom. The Bertz CT molecular complexity index is 2020. The Balaban J connectivity index is 1.31. The molecule has 3 aromatic heterocycles. The van der Waals surface area contributed by atoms with E-state index < -0.39 is 11.6 Å². The van der Waals surface area contributed by atoms with Crippen molar-refractivity contribution in [1.29, 1.82) is 0 Å². The third kappa shape index (κ3) is 5.51. The van der Waals surface area contributed by atoms with Gasteiger partial charge in [-0.2, -0.15) is 0 Å². The average molecular weight is 584 g/mol. The third-order valence-corrected chi connectivity index (χ3v) is 6.58. The summed E-state index contributed by atoms with van der Waals surface area (Å²) < 4.78 is 45.5. The van der Waals surface area contributed by atoms with Gasteiger partial charge in [0.05, 0.1) is 35.5 Å². The molecule has 3 aromatic carbocycles. The van der Waals surface area contributed by atoms with Gasteiger partial charge in [0.15, 0.2) is 23.1 Å². The smallest absolute Gasteiger partial charge is 0.230 e. The molecule has 0 saturated heterocycles. The van der Waals surface area contributed by atoms with Crippen LogP contribution in [0.3, 0.4) is 0 Å². The summed E-state index contributed by atoms with van der Waals surface area (Å²) in [5, 5.41) is 12.8. The minimum atomic E-state index is -0.705. The number of methoxy groups -OCH3 is 1. The first-order valence-corrected chi connectivity index (χ1v) is 13.0. The molecule has 3 N–H and O–H groups in total. The molecule has 43 heavy (non-hydrogen) atoms. The number of nitrogens with one attached hydrogen (secondary N) is 2. The van der Waals surface area contributed by atoms with Crippen LogP contribution in [0.15, 0.2) is 84.2 Å². The van der Waals surface area contributed by atoms with Crippen molar-refractivity contribution in [2.75, 3.05) is 25.6 Å². The maximum absolute atomic E-state index is 15.3. The van der Waals surface area contributed by atoms with Gasteiger partial charge < -0.3 is 29.6 Å². The molecule has 0 aliphatic heterocycles. The Morgan fingerprint density at radius 2 is 1.79 bits per heavy atom. The van der Waals surface area contributed by atoms with Gasteiger partial charge in [-0.25, -0.2) is 23.7 Å². The number of rotatable bonds is 9. The van der Waals surface area contributed by atoms with E-state index in [2.05, 4.69) is 25.3 Å². The van der Waals surface area contributed by atoms with E-state index in [-0.39, 0.29) is 41.5 Å². The van der Waals surface area contributed by atoms with Crippen molar-refractivity contribution in [2.24, 2.45) is 0 Å². The molecule has 0 fully saturated rings. The highest BCUT2D eigenvalue weighted by Gasteiger charge is 2.16. The lowest BCUT2D eigenvalue weighted by molar-refractivity contribution is 0.196. The van der Waals surface area contributed by atoms with Gasteiger partial charge in [-0.1, -0.05) is 12.1 Å². The maximum atomic E-state index is 15.3. The van der Waals surface area contributed by atoms with E-state index in [1.807, 2.05) is 0 Å². The number of H-pyrrole nitrogens is 1. The van der Waals surface area contributed by atoms with E-state index in [9.17, 15) is 9.18 Å². The lowest BCUT2D eigenvalue weighted by atomic mass is 10.0. The monoisotopic (exact) mass is 583 g/mol. The van der Waals surface area contributed by atoms with Gasteiger partial charge in [-0.15, -0.1) is 0 Å². The van der Waals surface area contributed by atoms with Gasteiger partial charge >= 0.3 is 0 Å². The topological polar surface area (TPSA) is 131 Å². The maximum Gasteiger partial charge on any atom is 0.230 e. The van der Waals surface area contributed by atoms with Gasteiger partial charge in [-0.05, 0) is 42.0 Å². The molecule has 6 rings (SSSR count). The van der Waals surface area contributed by atoms with E-state index in [1.54, 1.807) is 30.5 Å². The largest absolute Gasteiger partial charge is 0.493 e. The van der Waals surface area contributed by atoms with E-state index in [4.69, 9.17) is 19.3 Å². The number of aliphatic hydroxyl groups excluding tert-OH is 1. The fourth-order valence-corrected chi connectivity index (χ4v) is 4.55. The number of halogens is 2. The SMILES string of the molecule is COc1cc2ncnc(Oc3ccc(Nc4nccc5[nH]cc(-c6ccc(F)cc6)c(=O)c45)cc3F)c2cc1OCCO. The van der Waals surface area contributed by atoms with Crippen molar-refractivity contribution in [3.63, 3.8) is 0 Å². The zero-order valence-electron chi connectivity index (χ0n) is 22.6. The second-order valence-electron chi connectivity index (χ2n) is 9.26. The molecule has 10 nitrogen and oxygen atoms in total. The standard InChI is InChI=1S/C31H23F2N5O5/c1-41-26-14-24-20(13-27(26)42-11-10-39)31(37-16-36-24)43-25-7-6-19(12-22(25)33)38-30-28-23(8-9-34-30)35-15-21(29(28)40)17-2-4-18(32)5-3-17/h2-9,12-16,39H,10-11H2,1H3,(H,34,38)(H,35,40). The number of fused-ring (bicyclic) bond motifs is 2. The second-order valence-corrected chi connectivity index (χ2v) is 9.26. The van der Waals surface area contributed by atoms with E-state index in [1.165, 1.54) is 56.0 Å². The Morgan fingerprint density at radius 1 is 0.953 bits per heavy atom. The first kappa shape index (κ1) is 27.5. The zero-order chi connectivity index (χ0) is 29.9. The predicted octanol–water partition coefficient (Wildman–Crippen LogP) is 5.73. The Kier molecular flexibility index (Phi) is 7.50. The van der Waals surface area contributed by atoms with Crippen LogP contribution in [-0.2, 0) is 0 Å². The van der Waals surface area contributed by atoms with Crippen molar-refractivity contribution in [3.8, 4) is 34.3 Å². The summed E-state index contributed by atoms with van der Waals surface area (Å²) in [6.45, 7) is -0.153. The summed E-state index contributed by atoms with van der Waals surface area (Å²) in [6, 6.07) is 14.6. The number of pyridine rings is 2. The minimum absolute atomic E-state index is 0.0415. The number of benzene rings is 3. The fraction of sp³-hybridized carbons (Fsp3) is 0.0968.